The van der Waals surface area contributed by atoms with Crippen LogP contribution in [-0.2, 0) is 11.3 Å². The third kappa shape index (κ3) is 4.43. The molecule has 7 heteroatoms. The number of anilines is 1. The van der Waals surface area contributed by atoms with E-state index >= 15 is 0 Å². The van der Waals surface area contributed by atoms with E-state index in [1.54, 1.807) is 12.3 Å². The van der Waals surface area contributed by atoms with Crippen LogP contribution in [0, 0.1) is 3.57 Å². The zero-order chi connectivity index (χ0) is 21.3. The Morgan fingerprint density at radius 3 is 2.70 bits per heavy atom. The number of hydrogen-bond acceptors (Lipinski definition) is 5. The summed E-state index contributed by atoms with van der Waals surface area (Å²) in [6.45, 7) is 3.68. The fourth-order valence-electron chi connectivity index (χ4n) is 4.13. The van der Waals surface area contributed by atoms with Crippen LogP contribution in [0.4, 0.5) is 5.69 Å². The SMILES string of the molecule is CC(O)C1CCCN1Cc1ccc(NC=C2C(=O)NC(=O)c3ccc(I)cc32)cc1. The van der Waals surface area contributed by atoms with Gasteiger partial charge in [0.15, 0.2) is 0 Å². The average Bonchev–Trinajstić information content (AvgIpc) is 3.17. The van der Waals surface area contributed by atoms with Crippen molar-refractivity contribution < 1.29 is 14.7 Å². The van der Waals surface area contributed by atoms with E-state index in [4.69, 9.17) is 0 Å². The molecule has 2 amide bonds. The number of benzene rings is 2. The molecule has 2 aromatic carbocycles. The smallest absolute Gasteiger partial charge is 0.260 e. The summed E-state index contributed by atoms with van der Waals surface area (Å²) < 4.78 is 0.960. The highest BCUT2D eigenvalue weighted by atomic mass is 127. The van der Waals surface area contributed by atoms with E-state index in [2.05, 4.69) is 50.3 Å². The van der Waals surface area contributed by atoms with Gasteiger partial charge in [0.1, 0.15) is 0 Å². The second-order valence-corrected chi connectivity index (χ2v) is 9.04. The Morgan fingerprint density at radius 1 is 1.20 bits per heavy atom. The Balaban J connectivity index is 1.48. The number of likely N-dealkylation sites (tertiary alicyclic amines) is 1. The van der Waals surface area contributed by atoms with Crippen molar-refractivity contribution in [3.63, 3.8) is 0 Å². The van der Waals surface area contributed by atoms with Crippen LogP contribution in [0.2, 0.25) is 0 Å². The Labute approximate surface area is 189 Å². The van der Waals surface area contributed by atoms with Crippen molar-refractivity contribution in [1.82, 2.24) is 10.2 Å². The molecule has 0 aromatic heterocycles. The maximum atomic E-state index is 12.4. The molecule has 6 nitrogen and oxygen atoms in total. The van der Waals surface area contributed by atoms with Gasteiger partial charge in [-0.1, -0.05) is 12.1 Å². The Morgan fingerprint density at radius 2 is 1.97 bits per heavy atom. The monoisotopic (exact) mass is 517 g/mol. The Hall–Kier alpha value is -2.23. The summed E-state index contributed by atoms with van der Waals surface area (Å²) in [6.07, 6.45) is 3.48. The Kier molecular flexibility index (Phi) is 6.21. The number of fused-ring (bicyclic) bond motifs is 1. The van der Waals surface area contributed by atoms with Gasteiger partial charge in [0.05, 0.1) is 11.7 Å². The van der Waals surface area contributed by atoms with Gasteiger partial charge in [0.25, 0.3) is 11.8 Å². The van der Waals surface area contributed by atoms with Crippen molar-refractivity contribution in [1.29, 1.82) is 0 Å². The molecule has 3 N–H and O–H groups in total. The summed E-state index contributed by atoms with van der Waals surface area (Å²) >= 11 is 2.17. The first-order chi connectivity index (χ1) is 14.4. The van der Waals surface area contributed by atoms with Crippen LogP contribution in [-0.4, -0.2) is 40.5 Å². The number of aliphatic hydroxyl groups is 1. The molecule has 0 spiro atoms. The highest BCUT2D eigenvalue weighted by Crippen LogP contribution is 2.27. The lowest BCUT2D eigenvalue weighted by Crippen LogP contribution is -2.36. The minimum atomic E-state index is -0.406. The zero-order valence-electron chi connectivity index (χ0n) is 16.7. The summed E-state index contributed by atoms with van der Waals surface area (Å²) in [5.41, 5.74) is 3.61. The van der Waals surface area contributed by atoms with Gasteiger partial charge in [-0.2, -0.15) is 0 Å². The van der Waals surface area contributed by atoms with Crippen LogP contribution < -0.4 is 10.6 Å². The summed E-state index contributed by atoms with van der Waals surface area (Å²) in [5.74, 6) is -0.776. The van der Waals surface area contributed by atoms with Crippen molar-refractivity contribution in [3.8, 4) is 0 Å². The average molecular weight is 517 g/mol. The number of nitrogens with one attached hydrogen (secondary N) is 2. The number of imide groups is 1. The van der Waals surface area contributed by atoms with Crippen LogP contribution in [0.1, 0.15) is 41.3 Å². The second kappa shape index (κ2) is 8.87. The molecule has 0 saturated carbocycles. The van der Waals surface area contributed by atoms with E-state index < -0.39 is 5.91 Å². The van der Waals surface area contributed by atoms with Gasteiger partial charge in [0, 0.05) is 39.2 Å². The normalized spacial score (nSPS) is 21.4. The van der Waals surface area contributed by atoms with Gasteiger partial charge in [-0.25, -0.2) is 0 Å². The van der Waals surface area contributed by atoms with Crippen LogP contribution in [0.25, 0.3) is 5.57 Å². The third-order valence-electron chi connectivity index (χ3n) is 5.68. The van der Waals surface area contributed by atoms with E-state index in [1.165, 1.54) is 5.56 Å². The molecule has 2 atom stereocenters. The number of carbonyl (C=O) groups is 2. The molecule has 0 aliphatic carbocycles. The molecule has 2 aliphatic rings. The molecular formula is C23H24IN3O3. The predicted octanol–water partition coefficient (Wildman–Crippen LogP) is 3.36. The molecule has 2 unspecified atom stereocenters. The van der Waals surface area contributed by atoms with E-state index in [1.807, 2.05) is 31.2 Å². The second-order valence-electron chi connectivity index (χ2n) is 7.79. The first-order valence-electron chi connectivity index (χ1n) is 10.1. The standard InChI is InChI=1S/C23H24IN3O3/c1-14(28)21-3-2-10-27(21)13-15-4-7-17(8-5-15)25-12-20-19-11-16(24)6-9-18(19)22(29)26-23(20)30/h4-9,11-12,14,21,25,28H,2-3,10,13H2,1H3,(H,26,29,30). The largest absolute Gasteiger partial charge is 0.392 e. The minimum Gasteiger partial charge on any atom is -0.392 e. The summed E-state index contributed by atoms with van der Waals surface area (Å²) in [4.78, 5) is 26.8. The minimum absolute atomic E-state index is 0.225. The number of carbonyl (C=O) groups excluding carboxylic acids is 2. The van der Waals surface area contributed by atoms with Gasteiger partial charge < -0.3 is 10.4 Å². The predicted molar refractivity (Wildman–Crippen MR) is 125 cm³/mol. The number of amides is 2. The van der Waals surface area contributed by atoms with Gasteiger partial charge in [-0.3, -0.25) is 19.8 Å². The molecule has 4 rings (SSSR count). The number of hydrogen-bond donors (Lipinski definition) is 3. The number of nitrogens with zero attached hydrogens (tertiary/aromatic N) is 1. The van der Waals surface area contributed by atoms with Crippen LogP contribution >= 0.6 is 22.6 Å². The Bertz CT molecular complexity index is 1000. The lowest BCUT2D eigenvalue weighted by Gasteiger charge is -2.26. The quantitative estimate of drug-likeness (QED) is 0.322. The van der Waals surface area contributed by atoms with Crippen molar-refractivity contribution in [2.24, 2.45) is 0 Å². The number of rotatable bonds is 5. The van der Waals surface area contributed by atoms with E-state index in [0.29, 0.717) is 16.7 Å². The van der Waals surface area contributed by atoms with E-state index in [0.717, 1.165) is 35.2 Å². The fraction of sp³-hybridized carbons (Fsp3) is 0.304. The third-order valence-corrected chi connectivity index (χ3v) is 6.35. The highest BCUT2D eigenvalue weighted by Gasteiger charge is 2.28. The first kappa shape index (κ1) is 21.0. The zero-order valence-corrected chi connectivity index (χ0v) is 18.8. The van der Waals surface area contributed by atoms with Crippen molar-refractivity contribution in [2.75, 3.05) is 11.9 Å². The molecule has 2 aromatic rings. The van der Waals surface area contributed by atoms with Crippen LogP contribution in [0.5, 0.6) is 0 Å². The van der Waals surface area contributed by atoms with E-state index in [9.17, 15) is 14.7 Å². The molecule has 156 valence electrons. The molecule has 0 bridgehead atoms. The van der Waals surface area contributed by atoms with E-state index in [-0.39, 0.29) is 18.1 Å². The topological polar surface area (TPSA) is 81.7 Å². The lowest BCUT2D eigenvalue weighted by atomic mass is 9.95. The van der Waals surface area contributed by atoms with Gasteiger partial charge >= 0.3 is 0 Å². The first-order valence-corrected chi connectivity index (χ1v) is 11.1. The molecule has 0 radical (unpaired) electrons. The maximum absolute atomic E-state index is 12.4. The van der Waals surface area contributed by atoms with Crippen molar-refractivity contribution in [3.05, 3.63) is 68.9 Å². The van der Waals surface area contributed by atoms with Gasteiger partial charge in [-0.15, -0.1) is 0 Å². The summed E-state index contributed by atoms with van der Waals surface area (Å²) in [7, 11) is 0. The molecule has 2 heterocycles. The van der Waals surface area contributed by atoms with Crippen LogP contribution in [0.15, 0.2) is 48.7 Å². The molecule has 30 heavy (non-hydrogen) atoms. The number of aliphatic hydroxyl groups excluding tert-OH is 1. The lowest BCUT2D eigenvalue weighted by molar-refractivity contribution is -0.114. The molecule has 1 saturated heterocycles. The number of halogens is 1. The van der Waals surface area contributed by atoms with Crippen LogP contribution in [0.3, 0.4) is 0 Å². The van der Waals surface area contributed by atoms with Gasteiger partial charge in [0.2, 0.25) is 0 Å². The summed E-state index contributed by atoms with van der Waals surface area (Å²) in [5, 5.41) is 15.5. The highest BCUT2D eigenvalue weighted by molar-refractivity contribution is 14.1. The molecule has 2 aliphatic heterocycles. The molecular weight excluding hydrogens is 493 g/mol. The van der Waals surface area contributed by atoms with Crippen molar-refractivity contribution in [2.45, 2.75) is 38.5 Å². The maximum Gasteiger partial charge on any atom is 0.260 e. The molecule has 1 fully saturated rings. The van der Waals surface area contributed by atoms with Crippen molar-refractivity contribution >= 4 is 45.7 Å². The van der Waals surface area contributed by atoms with Gasteiger partial charge in [-0.05, 0) is 84.8 Å². The fourth-order valence-corrected chi connectivity index (χ4v) is 4.62. The summed E-state index contributed by atoms with van der Waals surface area (Å²) in [6, 6.07) is 13.7.